The third-order valence-electron chi connectivity index (χ3n) is 4.89. The van der Waals surface area contributed by atoms with Gasteiger partial charge in [0, 0.05) is 37.2 Å². The Morgan fingerprint density at radius 2 is 2.03 bits per heavy atom. The molecule has 0 bridgehead atoms. The Labute approximate surface area is 169 Å². The van der Waals surface area contributed by atoms with Gasteiger partial charge < -0.3 is 15.2 Å². The summed E-state index contributed by atoms with van der Waals surface area (Å²) in [7, 11) is 0. The highest BCUT2D eigenvalue weighted by Crippen LogP contribution is 2.19. The number of nitrogens with zero attached hydrogens (tertiary/aromatic N) is 2. The number of aromatic nitrogens is 2. The monoisotopic (exact) mass is 418 g/mol. The molecular formula is C20H17ClF2N4O2. The van der Waals surface area contributed by atoms with Crippen LogP contribution in [0, 0.1) is 11.6 Å². The number of aromatic amines is 1. The molecule has 6 nitrogen and oxygen atoms in total. The molecule has 9 heteroatoms. The molecule has 1 atom stereocenters. The van der Waals surface area contributed by atoms with E-state index in [0.29, 0.717) is 29.1 Å². The second-order valence-electron chi connectivity index (χ2n) is 6.92. The molecule has 0 saturated carbocycles. The average Bonchev–Trinajstić information content (AvgIpc) is 3.05. The second-order valence-corrected chi connectivity index (χ2v) is 7.36. The first-order chi connectivity index (χ1) is 13.9. The molecule has 1 fully saturated rings. The van der Waals surface area contributed by atoms with E-state index in [1.54, 1.807) is 17.0 Å². The zero-order valence-electron chi connectivity index (χ0n) is 15.2. The highest BCUT2D eigenvalue weighted by Gasteiger charge is 2.30. The van der Waals surface area contributed by atoms with Gasteiger partial charge in [-0.25, -0.2) is 13.8 Å². The number of carbonyl (C=O) groups excluding carboxylic acids is 2. The number of likely N-dealkylation sites (tertiary alicyclic amines) is 1. The molecule has 0 aliphatic carbocycles. The fraction of sp³-hybridized carbons (Fsp3) is 0.250. The topological polar surface area (TPSA) is 78.1 Å². The van der Waals surface area contributed by atoms with Crippen molar-refractivity contribution in [3.63, 3.8) is 0 Å². The maximum absolute atomic E-state index is 14.1. The fourth-order valence-corrected chi connectivity index (χ4v) is 3.38. The highest BCUT2D eigenvalue weighted by molar-refractivity contribution is 6.31. The summed E-state index contributed by atoms with van der Waals surface area (Å²) in [5.74, 6) is -2.29. The van der Waals surface area contributed by atoms with E-state index >= 15 is 0 Å². The summed E-state index contributed by atoms with van der Waals surface area (Å²) >= 11 is 5.92. The van der Waals surface area contributed by atoms with Gasteiger partial charge in [-0.2, -0.15) is 0 Å². The highest BCUT2D eigenvalue weighted by atomic mass is 35.5. The average molecular weight is 419 g/mol. The summed E-state index contributed by atoms with van der Waals surface area (Å²) < 4.78 is 27.3. The van der Waals surface area contributed by atoms with Crippen molar-refractivity contribution >= 4 is 34.4 Å². The molecule has 1 aliphatic heterocycles. The van der Waals surface area contributed by atoms with Crippen LogP contribution in [0.1, 0.15) is 22.5 Å². The summed E-state index contributed by atoms with van der Waals surface area (Å²) in [6.45, 7) is 1.18. The number of hydrogen-bond donors (Lipinski definition) is 2. The summed E-state index contributed by atoms with van der Waals surface area (Å²) in [4.78, 5) is 34.1. The summed E-state index contributed by atoms with van der Waals surface area (Å²) in [5.41, 5.74) is 0.834. The molecule has 1 saturated heterocycles. The van der Waals surface area contributed by atoms with Crippen LogP contribution in [0.3, 0.4) is 0 Å². The zero-order chi connectivity index (χ0) is 20.5. The fourth-order valence-electron chi connectivity index (χ4n) is 3.21. The van der Waals surface area contributed by atoms with Crippen molar-refractivity contribution in [3.05, 3.63) is 64.4 Å². The quantitative estimate of drug-likeness (QED) is 0.668. The van der Waals surface area contributed by atoms with Crippen LogP contribution >= 0.6 is 11.6 Å². The van der Waals surface area contributed by atoms with Crippen LogP contribution in [0.5, 0.6) is 0 Å². The van der Waals surface area contributed by atoms with Crippen LogP contribution in [0.4, 0.5) is 8.78 Å². The van der Waals surface area contributed by atoms with Crippen molar-refractivity contribution in [1.82, 2.24) is 20.2 Å². The van der Waals surface area contributed by atoms with Gasteiger partial charge in [-0.3, -0.25) is 9.59 Å². The molecule has 150 valence electrons. The van der Waals surface area contributed by atoms with Crippen LogP contribution in [-0.4, -0.2) is 45.8 Å². The molecule has 3 aromatic rings. The number of benzene rings is 1. The number of rotatable bonds is 5. The van der Waals surface area contributed by atoms with Crippen LogP contribution < -0.4 is 5.32 Å². The Balaban J connectivity index is 1.57. The Bertz CT molecular complexity index is 1100. The van der Waals surface area contributed by atoms with Gasteiger partial charge in [0.25, 0.3) is 5.91 Å². The maximum Gasteiger partial charge on any atom is 0.268 e. The molecule has 2 N–H and O–H groups in total. The number of halogens is 3. The van der Waals surface area contributed by atoms with Gasteiger partial charge in [-0.15, -0.1) is 0 Å². The van der Waals surface area contributed by atoms with E-state index in [2.05, 4.69) is 15.3 Å². The lowest BCUT2D eigenvalue weighted by Crippen LogP contribution is -2.54. The lowest BCUT2D eigenvalue weighted by molar-refractivity contribution is -0.136. The van der Waals surface area contributed by atoms with Gasteiger partial charge in [0.2, 0.25) is 5.91 Å². The molecule has 0 spiro atoms. The van der Waals surface area contributed by atoms with E-state index in [4.69, 9.17) is 11.6 Å². The third-order valence-corrected chi connectivity index (χ3v) is 5.10. The normalized spacial score (nSPS) is 14.5. The Morgan fingerprint density at radius 3 is 2.72 bits per heavy atom. The molecule has 1 aliphatic rings. The number of nitrogens with one attached hydrogen (secondary N) is 2. The molecule has 2 amide bonds. The minimum absolute atomic E-state index is 0.0858. The Hall–Kier alpha value is -3.00. The second kappa shape index (κ2) is 7.79. The first-order valence-corrected chi connectivity index (χ1v) is 9.46. The van der Waals surface area contributed by atoms with E-state index < -0.39 is 23.6 Å². The molecule has 0 radical (unpaired) electrons. The summed E-state index contributed by atoms with van der Waals surface area (Å²) in [6, 6.07) is 5.42. The van der Waals surface area contributed by atoms with Gasteiger partial charge in [-0.1, -0.05) is 17.7 Å². The van der Waals surface area contributed by atoms with Crippen molar-refractivity contribution in [2.45, 2.75) is 18.9 Å². The van der Waals surface area contributed by atoms with E-state index in [0.717, 1.165) is 18.6 Å². The minimum Gasteiger partial charge on any atom is -0.341 e. The predicted molar refractivity (Wildman–Crippen MR) is 104 cm³/mol. The zero-order valence-corrected chi connectivity index (χ0v) is 16.0. The molecule has 0 unspecified atom stereocenters. The molecule has 3 heterocycles. The molecular weight excluding hydrogens is 402 g/mol. The van der Waals surface area contributed by atoms with Crippen molar-refractivity contribution in [3.8, 4) is 0 Å². The van der Waals surface area contributed by atoms with E-state index in [1.807, 2.05) is 0 Å². The minimum atomic E-state index is -0.981. The van der Waals surface area contributed by atoms with Crippen molar-refractivity contribution in [2.75, 3.05) is 13.1 Å². The van der Waals surface area contributed by atoms with Crippen molar-refractivity contribution in [1.29, 1.82) is 0 Å². The van der Waals surface area contributed by atoms with Crippen LogP contribution in [0.15, 0.2) is 36.5 Å². The number of carbonyl (C=O) groups is 2. The van der Waals surface area contributed by atoms with Gasteiger partial charge in [-0.05, 0) is 30.2 Å². The summed E-state index contributed by atoms with van der Waals surface area (Å²) in [6.07, 6.45) is 2.25. The first-order valence-electron chi connectivity index (χ1n) is 9.08. The van der Waals surface area contributed by atoms with Gasteiger partial charge in [0.1, 0.15) is 29.0 Å². The van der Waals surface area contributed by atoms with Crippen molar-refractivity contribution < 1.29 is 18.4 Å². The molecule has 4 rings (SSSR count). The largest absolute Gasteiger partial charge is 0.341 e. The SMILES string of the molecule is O=C(N[C@@H](Cc1ccc(F)cc1F)C(=O)N1CCC1)c1cc2cc(Cl)cnc2[nH]1. The third kappa shape index (κ3) is 4.07. The van der Waals surface area contributed by atoms with E-state index in [9.17, 15) is 18.4 Å². The number of hydrogen-bond acceptors (Lipinski definition) is 3. The standard InChI is InChI=1S/C20H17ClF2N4O2/c21-13-6-12-8-16(25-18(12)24-10-13)19(28)26-17(20(29)27-4-1-5-27)7-11-2-3-14(22)9-15(11)23/h2-3,6,8-10,17H,1,4-5,7H2,(H,24,25)(H,26,28)/t17-/m0/s1. The maximum atomic E-state index is 14.1. The number of amides is 2. The molecule has 2 aromatic heterocycles. The van der Waals surface area contributed by atoms with E-state index in [1.165, 1.54) is 12.3 Å². The van der Waals surface area contributed by atoms with Gasteiger partial charge >= 0.3 is 0 Å². The van der Waals surface area contributed by atoms with Crippen LogP contribution in [0.25, 0.3) is 11.0 Å². The smallest absolute Gasteiger partial charge is 0.268 e. The van der Waals surface area contributed by atoms with Crippen LogP contribution in [-0.2, 0) is 11.2 Å². The van der Waals surface area contributed by atoms with E-state index in [-0.39, 0.29) is 23.6 Å². The number of fused-ring (bicyclic) bond motifs is 1. The number of pyridine rings is 1. The predicted octanol–water partition coefficient (Wildman–Crippen LogP) is 3.07. The molecule has 29 heavy (non-hydrogen) atoms. The molecule has 1 aromatic carbocycles. The number of H-pyrrole nitrogens is 1. The Morgan fingerprint density at radius 1 is 1.24 bits per heavy atom. The summed E-state index contributed by atoms with van der Waals surface area (Å²) in [5, 5.41) is 3.75. The van der Waals surface area contributed by atoms with Crippen molar-refractivity contribution in [2.24, 2.45) is 0 Å². The van der Waals surface area contributed by atoms with Gasteiger partial charge in [0.05, 0.1) is 5.02 Å². The lowest BCUT2D eigenvalue weighted by atomic mass is 10.0. The van der Waals surface area contributed by atoms with Gasteiger partial charge in [0.15, 0.2) is 0 Å². The Kier molecular flexibility index (Phi) is 5.19. The first kappa shape index (κ1) is 19.3. The lowest BCUT2D eigenvalue weighted by Gasteiger charge is -2.34. The van der Waals surface area contributed by atoms with Crippen LogP contribution in [0.2, 0.25) is 5.02 Å².